The van der Waals surface area contributed by atoms with Crippen molar-refractivity contribution < 1.29 is 9.72 Å². The van der Waals surface area contributed by atoms with E-state index < -0.39 is 10.8 Å². The first-order chi connectivity index (χ1) is 9.47. The van der Waals surface area contributed by atoms with Crippen LogP contribution in [0, 0.1) is 10.1 Å². The summed E-state index contributed by atoms with van der Waals surface area (Å²) in [5, 5.41) is 14.2. The van der Waals surface area contributed by atoms with E-state index in [-0.39, 0.29) is 16.0 Å². The number of amides is 1. The highest BCUT2D eigenvalue weighted by Crippen LogP contribution is 2.43. The van der Waals surface area contributed by atoms with Gasteiger partial charge in [-0.2, -0.15) is 11.8 Å². The second kappa shape index (κ2) is 5.70. The van der Waals surface area contributed by atoms with Crippen LogP contribution in [-0.2, 0) is 0 Å². The second-order valence-electron chi connectivity index (χ2n) is 4.95. The molecule has 7 heteroatoms. The standard InChI is InChI=1S/C13H17N3O3S/c1-20-13(5-2-6-13)8-15-10-4-3-9(12(14)17)7-11(10)16(18)19/h3-4,7,15H,2,5-6,8H2,1H3,(H2,14,17). The zero-order valence-corrected chi connectivity index (χ0v) is 12.0. The Kier molecular flexibility index (Phi) is 4.17. The molecule has 0 unspecified atom stereocenters. The van der Waals surface area contributed by atoms with E-state index in [1.165, 1.54) is 18.6 Å². The van der Waals surface area contributed by atoms with Crippen LogP contribution in [0.1, 0.15) is 29.6 Å². The lowest BCUT2D eigenvalue weighted by atomic mass is 9.84. The lowest BCUT2D eigenvalue weighted by molar-refractivity contribution is -0.384. The van der Waals surface area contributed by atoms with Gasteiger partial charge in [0.1, 0.15) is 5.69 Å². The molecule has 0 bridgehead atoms. The van der Waals surface area contributed by atoms with Gasteiger partial charge in [-0.05, 0) is 31.2 Å². The summed E-state index contributed by atoms with van der Waals surface area (Å²) in [7, 11) is 0. The third-order valence-corrected chi connectivity index (χ3v) is 5.20. The highest BCUT2D eigenvalue weighted by Gasteiger charge is 2.36. The van der Waals surface area contributed by atoms with Crippen LogP contribution in [0.5, 0.6) is 0 Å². The van der Waals surface area contributed by atoms with Crippen LogP contribution in [0.25, 0.3) is 0 Å². The van der Waals surface area contributed by atoms with Gasteiger partial charge in [-0.1, -0.05) is 6.42 Å². The zero-order valence-electron chi connectivity index (χ0n) is 11.2. The van der Waals surface area contributed by atoms with E-state index in [1.807, 2.05) is 0 Å². The summed E-state index contributed by atoms with van der Waals surface area (Å²) in [5.74, 6) is -0.667. The Morgan fingerprint density at radius 3 is 2.70 bits per heavy atom. The minimum Gasteiger partial charge on any atom is -0.378 e. The molecule has 1 fully saturated rings. The molecule has 1 saturated carbocycles. The molecule has 1 aromatic carbocycles. The average molecular weight is 295 g/mol. The molecule has 0 aliphatic heterocycles. The predicted octanol–water partition coefficient (Wildman–Crippen LogP) is 2.39. The molecule has 1 amide bonds. The monoisotopic (exact) mass is 295 g/mol. The van der Waals surface area contributed by atoms with E-state index in [0.717, 1.165) is 12.8 Å². The molecule has 0 saturated heterocycles. The molecule has 6 nitrogen and oxygen atoms in total. The van der Waals surface area contributed by atoms with Gasteiger partial charge >= 0.3 is 0 Å². The van der Waals surface area contributed by atoms with Crippen molar-refractivity contribution in [2.45, 2.75) is 24.0 Å². The molecular formula is C13H17N3O3S. The van der Waals surface area contributed by atoms with Gasteiger partial charge in [-0.3, -0.25) is 14.9 Å². The fourth-order valence-corrected chi connectivity index (χ4v) is 3.18. The molecule has 20 heavy (non-hydrogen) atoms. The number of benzene rings is 1. The Hall–Kier alpha value is -1.76. The number of nitrogens with one attached hydrogen (secondary N) is 1. The summed E-state index contributed by atoms with van der Waals surface area (Å²) >= 11 is 1.79. The molecule has 0 heterocycles. The van der Waals surface area contributed by atoms with Gasteiger partial charge in [0.25, 0.3) is 5.69 Å². The first kappa shape index (κ1) is 14.6. The van der Waals surface area contributed by atoms with Gasteiger partial charge in [0.15, 0.2) is 0 Å². The van der Waals surface area contributed by atoms with Gasteiger partial charge in [0, 0.05) is 22.9 Å². The number of hydrogen-bond donors (Lipinski definition) is 2. The highest BCUT2D eigenvalue weighted by atomic mass is 32.2. The molecule has 2 rings (SSSR count). The maximum absolute atomic E-state index is 11.1. The molecule has 0 spiro atoms. The molecule has 0 aromatic heterocycles. The van der Waals surface area contributed by atoms with Crippen molar-refractivity contribution in [2.24, 2.45) is 5.73 Å². The number of primary amides is 1. The predicted molar refractivity (Wildman–Crippen MR) is 80.2 cm³/mol. The summed E-state index contributed by atoms with van der Waals surface area (Å²) in [4.78, 5) is 21.7. The van der Waals surface area contributed by atoms with Crippen molar-refractivity contribution in [3.8, 4) is 0 Å². The van der Waals surface area contributed by atoms with E-state index in [2.05, 4.69) is 11.6 Å². The first-order valence-electron chi connectivity index (χ1n) is 6.35. The van der Waals surface area contributed by atoms with Crippen molar-refractivity contribution in [2.75, 3.05) is 18.1 Å². The Morgan fingerprint density at radius 1 is 1.55 bits per heavy atom. The number of thioether (sulfide) groups is 1. The fraction of sp³-hybridized carbons (Fsp3) is 0.462. The van der Waals surface area contributed by atoms with Crippen molar-refractivity contribution in [1.29, 1.82) is 0 Å². The molecule has 3 N–H and O–H groups in total. The normalized spacial score (nSPS) is 16.2. The van der Waals surface area contributed by atoms with Crippen molar-refractivity contribution in [3.05, 3.63) is 33.9 Å². The number of hydrogen-bond acceptors (Lipinski definition) is 5. The molecule has 1 aliphatic rings. The molecule has 0 atom stereocenters. The van der Waals surface area contributed by atoms with E-state index in [1.54, 1.807) is 17.8 Å². The number of nitrogens with zero attached hydrogens (tertiary/aromatic N) is 1. The van der Waals surface area contributed by atoms with Crippen LogP contribution in [-0.4, -0.2) is 28.4 Å². The summed E-state index contributed by atoms with van der Waals surface area (Å²) in [6.45, 7) is 0.685. The molecule has 108 valence electrons. The van der Waals surface area contributed by atoms with Gasteiger partial charge in [-0.15, -0.1) is 0 Å². The van der Waals surface area contributed by atoms with E-state index >= 15 is 0 Å². The van der Waals surface area contributed by atoms with Gasteiger partial charge in [-0.25, -0.2) is 0 Å². The minimum absolute atomic E-state index is 0.114. The van der Waals surface area contributed by atoms with E-state index in [9.17, 15) is 14.9 Å². The Morgan fingerprint density at radius 2 is 2.25 bits per heavy atom. The summed E-state index contributed by atoms with van der Waals surface area (Å²) in [6.07, 6.45) is 5.50. The number of nitro groups is 1. The largest absolute Gasteiger partial charge is 0.378 e. The van der Waals surface area contributed by atoms with Crippen molar-refractivity contribution in [3.63, 3.8) is 0 Å². The third kappa shape index (κ3) is 2.87. The summed E-state index contributed by atoms with van der Waals surface area (Å²) < 4.78 is 0.177. The van der Waals surface area contributed by atoms with Crippen LogP contribution >= 0.6 is 11.8 Å². The highest BCUT2D eigenvalue weighted by molar-refractivity contribution is 8.00. The van der Waals surface area contributed by atoms with Crippen molar-refractivity contribution >= 4 is 29.0 Å². The fourth-order valence-electron chi connectivity index (χ4n) is 2.27. The van der Waals surface area contributed by atoms with Gasteiger partial charge in [0.05, 0.1) is 4.92 Å². The summed E-state index contributed by atoms with van der Waals surface area (Å²) in [6, 6.07) is 4.27. The van der Waals surface area contributed by atoms with Gasteiger partial charge < -0.3 is 11.1 Å². The maximum atomic E-state index is 11.1. The number of anilines is 1. The number of nitro benzene ring substituents is 1. The molecule has 0 radical (unpaired) electrons. The summed E-state index contributed by atoms with van der Waals surface area (Å²) in [5.41, 5.74) is 5.60. The quantitative estimate of drug-likeness (QED) is 0.620. The lowest BCUT2D eigenvalue weighted by Crippen LogP contribution is -2.40. The topological polar surface area (TPSA) is 98.3 Å². The Balaban J connectivity index is 2.18. The number of carbonyl (C=O) groups excluding carboxylic acids is 1. The Labute approximate surface area is 121 Å². The average Bonchev–Trinajstić information content (AvgIpc) is 2.37. The smallest absolute Gasteiger partial charge is 0.293 e. The van der Waals surface area contributed by atoms with Crippen molar-refractivity contribution in [1.82, 2.24) is 0 Å². The van der Waals surface area contributed by atoms with Crippen LogP contribution in [0.3, 0.4) is 0 Å². The third-order valence-electron chi connectivity index (χ3n) is 3.78. The lowest BCUT2D eigenvalue weighted by Gasteiger charge is -2.40. The minimum atomic E-state index is -0.667. The number of nitrogens with two attached hydrogens (primary N) is 1. The van der Waals surface area contributed by atoms with Crippen LogP contribution in [0.4, 0.5) is 11.4 Å². The molecular weight excluding hydrogens is 278 g/mol. The second-order valence-corrected chi connectivity index (χ2v) is 6.22. The number of carbonyl (C=O) groups is 1. The van der Waals surface area contributed by atoms with Crippen LogP contribution < -0.4 is 11.1 Å². The molecule has 1 aliphatic carbocycles. The molecule has 1 aromatic rings. The van der Waals surface area contributed by atoms with E-state index in [4.69, 9.17) is 5.73 Å². The van der Waals surface area contributed by atoms with Crippen LogP contribution in [0.2, 0.25) is 0 Å². The zero-order chi connectivity index (χ0) is 14.8. The Bertz CT molecular complexity index is 538. The first-order valence-corrected chi connectivity index (χ1v) is 7.57. The van der Waals surface area contributed by atoms with Crippen LogP contribution in [0.15, 0.2) is 18.2 Å². The SMILES string of the molecule is CSC1(CNc2ccc(C(N)=O)cc2[N+](=O)[O-])CCC1. The number of rotatable bonds is 6. The van der Waals surface area contributed by atoms with Gasteiger partial charge in [0.2, 0.25) is 5.91 Å². The maximum Gasteiger partial charge on any atom is 0.293 e. The van der Waals surface area contributed by atoms with E-state index in [0.29, 0.717) is 12.2 Å².